The minimum atomic E-state index is -0.198. The number of unbranched alkanes of at least 4 members (excludes halogenated alkanes) is 4. The first-order chi connectivity index (χ1) is 27.3. The number of imide groups is 2. The van der Waals surface area contributed by atoms with Crippen LogP contribution in [-0.4, -0.2) is 55.7 Å². The average molecular weight is 751 g/mol. The normalized spacial score (nSPS) is 13.9. The summed E-state index contributed by atoms with van der Waals surface area (Å²) in [6.45, 7) is 5.25. The van der Waals surface area contributed by atoms with Gasteiger partial charge in [0.05, 0.1) is 26.7 Å². The van der Waals surface area contributed by atoms with E-state index >= 15 is 0 Å². The number of carbonyl (C=O) groups is 4. The standard InChI is InChI=1S/C46H50N6O4/c1-3-51-43(53)37-17-10-15-35-33(19-21-39(41(35)37)44(51)54)13-6-4-5-8-23-49-29-30-50(32-49)24-9-7-14-34-20-22-40-42-36(34)16-11-18-38(42)45(55)52(46(40)56)26-12-25-48-28-27-47(2)31-48/h10-11,15-22,27-32H,3-9,12-14,23-26H2,1-2H3/q+2. The molecule has 0 bridgehead atoms. The molecule has 2 aliphatic rings. The number of nitrogens with zero attached hydrogens (tertiary/aromatic N) is 6. The van der Waals surface area contributed by atoms with Crippen LogP contribution in [0.4, 0.5) is 0 Å². The summed E-state index contributed by atoms with van der Waals surface area (Å²) in [6, 6.07) is 19.6. The topological polar surface area (TPSA) is 92.4 Å². The van der Waals surface area contributed by atoms with Crippen molar-refractivity contribution in [2.75, 3.05) is 13.1 Å². The second-order valence-electron chi connectivity index (χ2n) is 15.3. The van der Waals surface area contributed by atoms with Gasteiger partial charge in [0.1, 0.15) is 24.8 Å². The van der Waals surface area contributed by atoms with E-state index in [1.165, 1.54) is 20.9 Å². The van der Waals surface area contributed by atoms with Crippen LogP contribution in [0.1, 0.15) is 104 Å². The molecule has 0 spiro atoms. The molecular weight excluding hydrogens is 701 g/mol. The summed E-state index contributed by atoms with van der Waals surface area (Å²) in [4.78, 5) is 55.7. The van der Waals surface area contributed by atoms with E-state index in [1.807, 2.05) is 79.7 Å². The Kier molecular flexibility index (Phi) is 10.6. The molecule has 4 heterocycles. The van der Waals surface area contributed by atoms with Gasteiger partial charge in [0, 0.05) is 52.5 Å². The molecule has 0 saturated carbocycles. The molecule has 0 aliphatic carbocycles. The van der Waals surface area contributed by atoms with Gasteiger partial charge in [-0.1, -0.05) is 42.8 Å². The second-order valence-corrected chi connectivity index (χ2v) is 15.3. The molecule has 10 nitrogen and oxygen atoms in total. The first kappa shape index (κ1) is 37.0. The van der Waals surface area contributed by atoms with E-state index in [-0.39, 0.29) is 23.6 Å². The van der Waals surface area contributed by atoms with Gasteiger partial charge in [-0.15, -0.1) is 0 Å². The summed E-state index contributed by atoms with van der Waals surface area (Å²) in [6.07, 6.45) is 21.4. The van der Waals surface area contributed by atoms with Gasteiger partial charge < -0.3 is 0 Å². The maximum absolute atomic E-state index is 13.5. The highest BCUT2D eigenvalue weighted by Crippen LogP contribution is 2.34. The summed E-state index contributed by atoms with van der Waals surface area (Å²) in [5.74, 6) is -0.787. The quantitative estimate of drug-likeness (QED) is 0.0581. The highest BCUT2D eigenvalue weighted by atomic mass is 16.2. The third-order valence-electron chi connectivity index (χ3n) is 11.6. The molecule has 8 rings (SSSR count). The molecule has 0 atom stereocenters. The smallest absolute Gasteiger partial charge is 0.261 e. The van der Waals surface area contributed by atoms with E-state index in [4.69, 9.17) is 0 Å². The fraction of sp³-hybridized carbons (Fsp3) is 0.348. The molecule has 2 aliphatic heterocycles. The Morgan fingerprint density at radius 2 is 1.05 bits per heavy atom. The van der Waals surface area contributed by atoms with E-state index in [2.05, 4.69) is 50.6 Å². The maximum atomic E-state index is 13.5. The van der Waals surface area contributed by atoms with Crippen LogP contribution in [0, 0.1) is 0 Å². The molecule has 56 heavy (non-hydrogen) atoms. The van der Waals surface area contributed by atoms with Crippen molar-refractivity contribution < 1.29 is 28.3 Å². The number of imidazole rings is 2. The molecule has 10 heteroatoms. The molecule has 0 fully saturated rings. The molecule has 0 radical (unpaired) electrons. The fourth-order valence-electron chi connectivity index (χ4n) is 8.66. The lowest BCUT2D eigenvalue weighted by Crippen LogP contribution is -2.41. The van der Waals surface area contributed by atoms with Gasteiger partial charge in [-0.2, -0.15) is 0 Å². The van der Waals surface area contributed by atoms with Gasteiger partial charge in [-0.3, -0.25) is 29.0 Å². The van der Waals surface area contributed by atoms with Crippen molar-refractivity contribution in [1.82, 2.24) is 18.9 Å². The van der Waals surface area contributed by atoms with Crippen molar-refractivity contribution >= 4 is 45.2 Å². The first-order valence-electron chi connectivity index (χ1n) is 20.2. The van der Waals surface area contributed by atoms with Crippen LogP contribution in [0.5, 0.6) is 0 Å². The van der Waals surface area contributed by atoms with Crippen LogP contribution >= 0.6 is 0 Å². The highest BCUT2D eigenvalue weighted by Gasteiger charge is 2.34. The van der Waals surface area contributed by atoms with Gasteiger partial charge in [-0.05, 0) is 98.0 Å². The predicted octanol–water partition coefficient (Wildman–Crippen LogP) is 6.84. The summed E-state index contributed by atoms with van der Waals surface area (Å²) >= 11 is 0. The van der Waals surface area contributed by atoms with E-state index in [1.54, 1.807) is 0 Å². The lowest BCUT2D eigenvalue weighted by molar-refractivity contribution is -0.696. The number of aryl methyl sites for hydroxylation is 6. The lowest BCUT2D eigenvalue weighted by atomic mass is 9.90. The monoisotopic (exact) mass is 750 g/mol. The number of benzene rings is 4. The van der Waals surface area contributed by atoms with Crippen molar-refractivity contribution in [1.29, 1.82) is 0 Å². The summed E-state index contributed by atoms with van der Waals surface area (Å²) in [7, 11) is 1.97. The predicted molar refractivity (Wildman–Crippen MR) is 214 cm³/mol. The van der Waals surface area contributed by atoms with E-state index in [0.717, 1.165) is 92.5 Å². The van der Waals surface area contributed by atoms with Gasteiger partial charge >= 0.3 is 0 Å². The Labute approximate surface area is 327 Å². The summed E-state index contributed by atoms with van der Waals surface area (Å²) in [5.41, 5.74) is 4.89. The zero-order valence-corrected chi connectivity index (χ0v) is 32.5. The Bertz CT molecular complexity index is 2430. The molecule has 0 N–H and O–H groups in total. The fourth-order valence-corrected chi connectivity index (χ4v) is 8.66. The first-order valence-corrected chi connectivity index (χ1v) is 20.2. The van der Waals surface area contributed by atoms with Crippen LogP contribution in [0.25, 0.3) is 21.5 Å². The molecule has 286 valence electrons. The Hall–Kier alpha value is -5.90. The summed E-state index contributed by atoms with van der Waals surface area (Å²) in [5, 5.41) is 3.65. The van der Waals surface area contributed by atoms with Crippen molar-refractivity contribution in [3.63, 3.8) is 0 Å². The minimum absolute atomic E-state index is 0.195. The van der Waals surface area contributed by atoms with E-state index < -0.39 is 0 Å². The van der Waals surface area contributed by atoms with E-state index in [9.17, 15) is 19.2 Å². The third kappa shape index (κ3) is 7.16. The Morgan fingerprint density at radius 1 is 0.518 bits per heavy atom. The van der Waals surface area contributed by atoms with Crippen LogP contribution < -0.4 is 9.13 Å². The number of rotatable bonds is 17. The van der Waals surface area contributed by atoms with Gasteiger partial charge in [0.2, 0.25) is 12.7 Å². The Balaban J connectivity index is 0.784. The van der Waals surface area contributed by atoms with Gasteiger partial charge in [-0.25, -0.2) is 18.3 Å². The lowest BCUT2D eigenvalue weighted by Gasteiger charge is -2.27. The largest absolute Gasteiger partial charge is 0.275 e. The minimum Gasteiger partial charge on any atom is -0.275 e. The van der Waals surface area contributed by atoms with Crippen molar-refractivity contribution in [2.24, 2.45) is 7.05 Å². The van der Waals surface area contributed by atoms with Crippen molar-refractivity contribution in [3.05, 3.63) is 131 Å². The third-order valence-corrected chi connectivity index (χ3v) is 11.6. The molecule has 0 saturated heterocycles. The number of hydrogen-bond donors (Lipinski definition) is 0. The zero-order valence-electron chi connectivity index (χ0n) is 32.5. The SMILES string of the molecule is CCN1C(=O)c2cccc3c(CCCCCC[n+]4ccn(CCCCc5ccc6c7c(cccc57)C(=O)N(CCCn5cc[n+](C)c5)C6=O)c4)ccc(c23)C1=O. The number of aromatic nitrogens is 4. The Morgan fingerprint density at radius 3 is 1.66 bits per heavy atom. The molecule has 6 aromatic rings. The molecular formula is C46H50N6O4+2. The average Bonchev–Trinajstić information content (AvgIpc) is 3.85. The molecule has 4 amide bonds. The van der Waals surface area contributed by atoms with Crippen LogP contribution in [0.2, 0.25) is 0 Å². The van der Waals surface area contributed by atoms with E-state index in [0.29, 0.717) is 41.8 Å². The van der Waals surface area contributed by atoms with Crippen LogP contribution in [0.3, 0.4) is 0 Å². The van der Waals surface area contributed by atoms with Crippen LogP contribution in [-0.2, 0) is 39.5 Å². The van der Waals surface area contributed by atoms with Gasteiger partial charge in [0.25, 0.3) is 23.6 Å². The molecule has 2 aromatic heterocycles. The van der Waals surface area contributed by atoms with Crippen molar-refractivity contribution in [3.8, 4) is 0 Å². The maximum Gasteiger partial charge on any atom is 0.261 e. The van der Waals surface area contributed by atoms with Crippen LogP contribution in [0.15, 0.2) is 98.1 Å². The summed E-state index contributed by atoms with van der Waals surface area (Å²) < 4.78 is 8.57. The molecule has 4 aromatic carbocycles. The van der Waals surface area contributed by atoms with Gasteiger partial charge in [0.15, 0.2) is 0 Å². The second kappa shape index (κ2) is 16.1. The molecule has 0 unspecified atom stereocenters. The number of amides is 4. The number of hydrogen-bond acceptors (Lipinski definition) is 4. The number of carbonyl (C=O) groups excluding carboxylic acids is 4. The zero-order chi connectivity index (χ0) is 38.8. The highest BCUT2D eigenvalue weighted by molar-refractivity contribution is 6.26. The van der Waals surface area contributed by atoms with Crippen molar-refractivity contribution in [2.45, 2.75) is 84.3 Å².